The van der Waals surface area contributed by atoms with Gasteiger partial charge in [0.25, 0.3) is 0 Å². The predicted octanol–water partition coefficient (Wildman–Crippen LogP) is 3.60. The molecule has 1 aliphatic rings. The van der Waals surface area contributed by atoms with Gasteiger partial charge in [0.1, 0.15) is 0 Å². The second-order valence-corrected chi connectivity index (χ2v) is 5.22. The minimum atomic E-state index is -4.09. The first kappa shape index (κ1) is 14.2. The van der Waals surface area contributed by atoms with E-state index < -0.39 is 12.1 Å². The summed E-state index contributed by atoms with van der Waals surface area (Å²) in [6.45, 7) is 2.73. The van der Waals surface area contributed by atoms with Gasteiger partial charge in [0.15, 0.2) is 0 Å². The molecule has 2 unspecified atom stereocenters. The standard InChI is InChI=1S/C14H19F3N2/c1-10(11-4-2-6-13(18)8-11)19-7-3-5-12(9-19)14(15,16)17/h2,4,6,8,10,12H,3,5,7,9,18H2,1H3. The van der Waals surface area contributed by atoms with Gasteiger partial charge >= 0.3 is 6.18 Å². The Labute approximate surface area is 111 Å². The van der Waals surface area contributed by atoms with Crippen LogP contribution >= 0.6 is 0 Å². The molecular formula is C14H19F3N2. The van der Waals surface area contributed by atoms with Gasteiger partial charge < -0.3 is 5.73 Å². The number of rotatable bonds is 2. The van der Waals surface area contributed by atoms with E-state index in [-0.39, 0.29) is 19.0 Å². The van der Waals surface area contributed by atoms with E-state index in [9.17, 15) is 13.2 Å². The van der Waals surface area contributed by atoms with Crippen molar-refractivity contribution in [2.24, 2.45) is 5.92 Å². The SMILES string of the molecule is CC(c1cccc(N)c1)N1CCCC(C(F)(F)F)C1. The normalized spacial score (nSPS) is 23.3. The number of halogens is 3. The van der Waals surface area contributed by atoms with Gasteiger partial charge in [-0.2, -0.15) is 13.2 Å². The summed E-state index contributed by atoms with van der Waals surface area (Å²) in [6.07, 6.45) is -3.26. The lowest BCUT2D eigenvalue weighted by Crippen LogP contribution is -2.42. The molecule has 0 saturated carbocycles. The summed E-state index contributed by atoms with van der Waals surface area (Å²) in [4.78, 5) is 1.90. The molecule has 2 N–H and O–H groups in total. The minimum absolute atomic E-state index is 0.0337. The molecule has 0 amide bonds. The lowest BCUT2D eigenvalue weighted by atomic mass is 9.94. The summed E-state index contributed by atoms with van der Waals surface area (Å²) in [6, 6.07) is 7.34. The Hall–Kier alpha value is -1.23. The third-order valence-corrected chi connectivity index (χ3v) is 3.86. The molecule has 1 aliphatic heterocycles. The number of benzene rings is 1. The second-order valence-electron chi connectivity index (χ2n) is 5.22. The summed E-state index contributed by atoms with van der Waals surface area (Å²) in [7, 11) is 0. The number of likely N-dealkylation sites (tertiary alicyclic amines) is 1. The molecule has 1 heterocycles. The summed E-state index contributed by atoms with van der Waals surface area (Å²) in [5, 5.41) is 0. The summed E-state index contributed by atoms with van der Waals surface area (Å²) in [5.74, 6) is -1.20. The van der Waals surface area contributed by atoms with Crippen molar-refractivity contribution in [1.82, 2.24) is 4.90 Å². The van der Waals surface area contributed by atoms with Crippen LogP contribution in [-0.4, -0.2) is 24.2 Å². The van der Waals surface area contributed by atoms with Crippen molar-refractivity contribution in [2.75, 3.05) is 18.8 Å². The Morgan fingerprint density at radius 1 is 1.37 bits per heavy atom. The molecule has 19 heavy (non-hydrogen) atoms. The molecule has 0 bridgehead atoms. The van der Waals surface area contributed by atoms with Crippen molar-refractivity contribution in [3.05, 3.63) is 29.8 Å². The first-order valence-electron chi connectivity index (χ1n) is 6.54. The minimum Gasteiger partial charge on any atom is -0.399 e. The van der Waals surface area contributed by atoms with Crippen molar-refractivity contribution >= 4 is 5.69 Å². The zero-order chi connectivity index (χ0) is 14.0. The topological polar surface area (TPSA) is 29.3 Å². The fourth-order valence-corrected chi connectivity index (χ4v) is 2.66. The monoisotopic (exact) mass is 272 g/mol. The van der Waals surface area contributed by atoms with Gasteiger partial charge in [0, 0.05) is 18.3 Å². The summed E-state index contributed by atoms with van der Waals surface area (Å²) >= 11 is 0. The number of piperidine rings is 1. The van der Waals surface area contributed by atoms with Gasteiger partial charge in [-0.25, -0.2) is 0 Å². The van der Waals surface area contributed by atoms with Crippen LogP contribution in [0.25, 0.3) is 0 Å². The van der Waals surface area contributed by atoms with Crippen LogP contribution in [0.1, 0.15) is 31.4 Å². The third-order valence-electron chi connectivity index (χ3n) is 3.86. The molecule has 1 saturated heterocycles. The molecule has 2 atom stereocenters. The highest BCUT2D eigenvalue weighted by Crippen LogP contribution is 2.36. The van der Waals surface area contributed by atoms with Crippen LogP contribution in [0.3, 0.4) is 0 Å². The van der Waals surface area contributed by atoms with Crippen LogP contribution in [-0.2, 0) is 0 Å². The fraction of sp³-hybridized carbons (Fsp3) is 0.571. The average Bonchev–Trinajstić information content (AvgIpc) is 2.37. The third kappa shape index (κ3) is 3.41. The fourth-order valence-electron chi connectivity index (χ4n) is 2.66. The lowest BCUT2D eigenvalue weighted by molar-refractivity contribution is -0.188. The van der Waals surface area contributed by atoms with Crippen LogP contribution < -0.4 is 5.73 Å². The number of hydrogen-bond acceptors (Lipinski definition) is 2. The maximum atomic E-state index is 12.8. The van der Waals surface area contributed by atoms with Crippen molar-refractivity contribution in [3.63, 3.8) is 0 Å². The van der Waals surface area contributed by atoms with E-state index in [4.69, 9.17) is 5.73 Å². The van der Waals surface area contributed by atoms with Gasteiger partial charge in [-0.1, -0.05) is 12.1 Å². The summed E-state index contributed by atoms with van der Waals surface area (Å²) < 4.78 is 38.4. The van der Waals surface area contributed by atoms with Crippen molar-refractivity contribution in [2.45, 2.75) is 32.0 Å². The number of nitrogen functional groups attached to an aromatic ring is 1. The molecule has 2 nitrogen and oxygen atoms in total. The Morgan fingerprint density at radius 3 is 2.74 bits per heavy atom. The van der Waals surface area contributed by atoms with E-state index in [2.05, 4.69) is 0 Å². The van der Waals surface area contributed by atoms with E-state index >= 15 is 0 Å². The molecule has 1 aromatic carbocycles. The lowest BCUT2D eigenvalue weighted by Gasteiger charge is -2.37. The molecule has 2 rings (SSSR count). The molecule has 0 spiro atoms. The quantitative estimate of drug-likeness (QED) is 0.833. The zero-order valence-electron chi connectivity index (χ0n) is 11.0. The molecular weight excluding hydrogens is 253 g/mol. The average molecular weight is 272 g/mol. The second kappa shape index (κ2) is 5.41. The summed E-state index contributed by atoms with van der Waals surface area (Å²) in [5.41, 5.74) is 7.35. The molecule has 1 aromatic rings. The number of hydrogen-bond donors (Lipinski definition) is 1. The van der Waals surface area contributed by atoms with Crippen molar-refractivity contribution in [3.8, 4) is 0 Å². The largest absolute Gasteiger partial charge is 0.399 e. The van der Waals surface area contributed by atoms with E-state index in [0.29, 0.717) is 18.7 Å². The molecule has 0 aliphatic carbocycles. The van der Waals surface area contributed by atoms with E-state index in [1.807, 2.05) is 30.0 Å². The Kier molecular flexibility index (Phi) is 4.04. The van der Waals surface area contributed by atoms with E-state index in [0.717, 1.165) is 5.56 Å². The highest BCUT2D eigenvalue weighted by molar-refractivity contribution is 5.41. The number of nitrogens with two attached hydrogens (primary N) is 1. The highest BCUT2D eigenvalue weighted by Gasteiger charge is 2.42. The van der Waals surface area contributed by atoms with Crippen LogP contribution in [0.4, 0.5) is 18.9 Å². The van der Waals surface area contributed by atoms with Crippen molar-refractivity contribution in [1.29, 1.82) is 0 Å². The Bertz CT molecular complexity index is 431. The van der Waals surface area contributed by atoms with Crippen LogP contribution in [0.2, 0.25) is 0 Å². The van der Waals surface area contributed by atoms with Gasteiger partial charge in [0.2, 0.25) is 0 Å². The van der Waals surface area contributed by atoms with Crippen LogP contribution in [0.5, 0.6) is 0 Å². The van der Waals surface area contributed by atoms with Crippen LogP contribution in [0, 0.1) is 5.92 Å². The number of nitrogens with zero attached hydrogens (tertiary/aromatic N) is 1. The van der Waals surface area contributed by atoms with E-state index in [1.165, 1.54) is 0 Å². The van der Waals surface area contributed by atoms with Gasteiger partial charge in [0.05, 0.1) is 5.92 Å². The van der Waals surface area contributed by atoms with Gasteiger partial charge in [-0.15, -0.1) is 0 Å². The number of anilines is 1. The van der Waals surface area contributed by atoms with Gasteiger partial charge in [-0.05, 0) is 44.0 Å². The molecule has 5 heteroatoms. The predicted molar refractivity (Wildman–Crippen MR) is 69.6 cm³/mol. The Balaban J connectivity index is 2.09. The molecule has 0 aromatic heterocycles. The van der Waals surface area contributed by atoms with E-state index in [1.54, 1.807) is 6.07 Å². The number of alkyl halides is 3. The van der Waals surface area contributed by atoms with Crippen LogP contribution in [0.15, 0.2) is 24.3 Å². The first-order chi connectivity index (χ1) is 8.88. The highest BCUT2D eigenvalue weighted by atomic mass is 19.4. The molecule has 0 radical (unpaired) electrons. The zero-order valence-corrected chi connectivity index (χ0v) is 11.0. The molecule has 106 valence electrons. The first-order valence-corrected chi connectivity index (χ1v) is 6.54. The maximum absolute atomic E-state index is 12.8. The smallest absolute Gasteiger partial charge is 0.393 e. The van der Waals surface area contributed by atoms with Crippen molar-refractivity contribution < 1.29 is 13.2 Å². The maximum Gasteiger partial charge on any atom is 0.393 e. The molecule has 1 fully saturated rings. The Morgan fingerprint density at radius 2 is 2.11 bits per heavy atom. The van der Waals surface area contributed by atoms with Gasteiger partial charge in [-0.3, -0.25) is 4.90 Å².